The summed E-state index contributed by atoms with van der Waals surface area (Å²) in [4.78, 5) is 23.8. The number of hydrogen-bond acceptors (Lipinski definition) is 2. The van der Waals surface area contributed by atoms with Gasteiger partial charge in [0.15, 0.2) is 5.78 Å². The maximum absolute atomic E-state index is 11.5. The van der Waals surface area contributed by atoms with E-state index < -0.39 is 5.78 Å². The number of rotatable bonds is 2. The van der Waals surface area contributed by atoms with E-state index in [-0.39, 0.29) is 5.91 Å². The Morgan fingerprint density at radius 3 is 2.29 bits per heavy atom. The van der Waals surface area contributed by atoms with Gasteiger partial charge in [0, 0.05) is 32.1 Å². The van der Waals surface area contributed by atoms with Gasteiger partial charge in [-0.2, -0.15) is 0 Å². The minimum atomic E-state index is -0.529. The van der Waals surface area contributed by atoms with Crippen LogP contribution in [0.25, 0.3) is 0 Å². The van der Waals surface area contributed by atoms with Crippen molar-refractivity contribution in [2.24, 2.45) is 0 Å². The SMILES string of the molecule is [CH]C(=O)c1cccc(C(=O)N(C)C)c1. The van der Waals surface area contributed by atoms with Crippen molar-refractivity contribution in [2.45, 2.75) is 0 Å². The van der Waals surface area contributed by atoms with Crippen LogP contribution < -0.4 is 0 Å². The van der Waals surface area contributed by atoms with Gasteiger partial charge < -0.3 is 4.90 Å². The molecule has 1 amide bonds. The van der Waals surface area contributed by atoms with E-state index in [9.17, 15) is 9.59 Å². The van der Waals surface area contributed by atoms with Crippen molar-refractivity contribution >= 4 is 11.7 Å². The number of carbonyl (C=O) groups excluding carboxylic acids is 2. The monoisotopic (exact) mass is 189 g/mol. The summed E-state index contributed by atoms with van der Waals surface area (Å²) in [7, 11) is 3.30. The Morgan fingerprint density at radius 2 is 1.79 bits per heavy atom. The molecule has 2 radical (unpaired) electrons. The van der Waals surface area contributed by atoms with Gasteiger partial charge in [0.2, 0.25) is 0 Å². The number of Topliss-reactive ketones (excluding diaryl/α,β-unsaturated/α-hetero) is 1. The highest BCUT2D eigenvalue weighted by Crippen LogP contribution is 2.07. The van der Waals surface area contributed by atoms with Crippen molar-refractivity contribution < 1.29 is 9.59 Å². The molecule has 0 saturated carbocycles. The molecular formula is C11H11NO2. The molecule has 0 aromatic heterocycles. The third-order valence-electron chi connectivity index (χ3n) is 1.80. The molecule has 0 bridgehead atoms. The first kappa shape index (κ1) is 10.4. The molecule has 3 heteroatoms. The summed E-state index contributed by atoms with van der Waals surface area (Å²) in [6, 6.07) is 6.35. The highest BCUT2D eigenvalue weighted by atomic mass is 16.2. The Morgan fingerprint density at radius 1 is 1.21 bits per heavy atom. The van der Waals surface area contributed by atoms with Gasteiger partial charge in [-0.05, 0) is 12.1 Å². The first-order valence-corrected chi connectivity index (χ1v) is 4.14. The molecule has 0 aliphatic heterocycles. The Labute approximate surface area is 83.3 Å². The molecule has 72 valence electrons. The molecule has 1 aromatic carbocycles. The summed E-state index contributed by atoms with van der Waals surface area (Å²) in [5.74, 6) is -0.675. The lowest BCUT2D eigenvalue weighted by atomic mass is 10.1. The Hall–Kier alpha value is -1.64. The summed E-state index contributed by atoms with van der Waals surface area (Å²) in [6.45, 7) is 5.10. The number of benzene rings is 1. The molecule has 0 unspecified atom stereocenters. The summed E-state index contributed by atoms with van der Waals surface area (Å²) in [5, 5.41) is 0. The smallest absolute Gasteiger partial charge is 0.253 e. The van der Waals surface area contributed by atoms with E-state index in [1.54, 1.807) is 32.3 Å². The van der Waals surface area contributed by atoms with E-state index in [2.05, 4.69) is 0 Å². The van der Waals surface area contributed by atoms with Crippen LogP contribution in [0.4, 0.5) is 0 Å². The third-order valence-corrected chi connectivity index (χ3v) is 1.80. The van der Waals surface area contributed by atoms with Gasteiger partial charge in [-0.3, -0.25) is 9.59 Å². The van der Waals surface area contributed by atoms with E-state index in [1.165, 1.54) is 11.0 Å². The van der Waals surface area contributed by atoms with Crippen LogP contribution in [0.1, 0.15) is 20.7 Å². The van der Waals surface area contributed by atoms with Crippen LogP contribution in [0, 0.1) is 6.92 Å². The van der Waals surface area contributed by atoms with Crippen molar-refractivity contribution in [1.82, 2.24) is 4.90 Å². The lowest BCUT2D eigenvalue weighted by molar-refractivity contribution is 0.0827. The summed E-state index contributed by atoms with van der Waals surface area (Å²) >= 11 is 0. The van der Waals surface area contributed by atoms with E-state index in [1.807, 2.05) is 0 Å². The fourth-order valence-corrected chi connectivity index (χ4v) is 1.06. The first-order valence-electron chi connectivity index (χ1n) is 4.14. The number of carbonyl (C=O) groups is 2. The largest absolute Gasteiger partial charge is 0.345 e. The second-order valence-electron chi connectivity index (χ2n) is 3.14. The quantitative estimate of drug-likeness (QED) is 0.657. The zero-order valence-corrected chi connectivity index (χ0v) is 8.15. The standard InChI is InChI=1S/C11H11NO2/c1-8(13)9-5-4-6-10(7-9)11(14)12(2)3/h1,4-7H,2-3H3. The van der Waals surface area contributed by atoms with Crippen molar-refractivity contribution in [3.8, 4) is 0 Å². The Bertz CT molecular complexity index is 369. The van der Waals surface area contributed by atoms with E-state index >= 15 is 0 Å². The molecule has 1 rings (SSSR count). The number of amides is 1. The fraction of sp³-hybridized carbons (Fsp3) is 0.182. The van der Waals surface area contributed by atoms with Crippen molar-refractivity contribution in [3.05, 3.63) is 42.3 Å². The Balaban J connectivity index is 3.06. The average Bonchev–Trinajstić information content (AvgIpc) is 2.16. The molecule has 0 heterocycles. The fourth-order valence-electron chi connectivity index (χ4n) is 1.06. The van der Waals surface area contributed by atoms with Crippen LogP contribution in [0.5, 0.6) is 0 Å². The molecular weight excluding hydrogens is 178 g/mol. The second-order valence-corrected chi connectivity index (χ2v) is 3.14. The van der Waals surface area contributed by atoms with Gasteiger partial charge in [-0.15, -0.1) is 0 Å². The van der Waals surface area contributed by atoms with Crippen LogP contribution in [0.3, 0.4) is 0 Å². The molecule has 0 atom stereocenters. The van der Waals surface area contributed by atoms with Crippen molar-refractivity contribution in [2.75, 3.05) is 14.1 Å². The maximum atomic E-state index is 11.5. The first-order chi connectivity index (χ1) is 6.52. The number of hydrogen-bond donors (Lipinski definition) is 0. The highest BCUT2D eigenvalue weighted by Gasteiger charge is 2.09. The highest BCUT2D eigenvalue weighted by molar-refractivity contribution is 6.02. The third kappa shape index (κ3) is 2.19. The van der Waals surface area contributed by atoms with Crippen LogP contribution in [-0.2, 0) is 0 Å². The van der Waals surface area contributed by atoms with Crippen molar-refractivity contribution in [3.63, 3.8) is 0 Å². The predicted octanol–water partition coefficient (Wildman–Crippen LogP) is 1.28. The predicted molar refractivity (Wildman–Crippen MR) is 53.1 cm³/mol. The summed E-state index contributed by atoms with van der Waals surface area (Å²) in [5.41, 5.74) is 0.809. The van der Waals surface area contributed by atoms with Gasteiger partial charge in [-0.25, -0.2) is 0 Å². The van der Waals surface area contributed by atoms with Crippen molar-refractivity contribution in [1.29, 1.82) is 0 Å². The minimum Gasteiger partial charge on any atom is -0.345 e. The number of ketones is 1. The van der Waals surface area contributed by atoms with Crippen LogP contribution in [0.15, 0.2) is 24.3 Å². The van der Waals surface area contributed by atoms with Gasteiger partial charge in [0.05, 0.1) is 0 Å². The van der Waals surface area contributed by atoms with Crippen LogP contribution >= 0.6 is 0 Å². The van der Waals surface area contributed by atoms with E-state index in [0.29, 0.717) is 11.1 Å². The average molecular weight is 189 g/mol. The lowest BCUT2D eigenvalue weighted by Gasteiger charge is -2.10. The van der Waals surface area contributed by atoms with Gasteiger partial charge in [-0.1, -0.05) is 12.1 Å². The Kier molecular flexibility index (Phi) is 3.02. The van der Waals surface area contributed by atoms with Gasteiger partial charge in [0.1, 0.15) is 0 Å². The molecule has 0 aliphatic carbocycles. The maximum Gasteiger partial charge on any atom is 0.253 e. The molecule has 1 aromatic rings. The zero-order chi connectivity index (χ0) is 10.7. The summed E-state index contributed by atoms with van der Waals surface area (Å²) in [6.07, 6.45) is 0. The summed E-state index contributed by atoms with van der Waals surface area (Å²) < 4.78 is 0. The normalized spacial score (nSPS) is 9.64. The molecule has 0 fully saturated rings. The topological polar surface area (TPSA) is 37.4 Å². The lowest BCUT2D eigenvalue weighted by Crippen LogP contribution is -2.21. The van der Waals surface area contributed by atoms with Crippen LogP contribution in [0.2, 0.25) is 0 Å². The molecule has 14 heavy (non-hydrogen) atoms. The molecule has 0 saturated heterocycles. The minimum absolute atomic E-state index is 0.145. The van der Waals surface area contributed by atoms with E-state index in [4.69, 9.17) is 6.92 Å². The van der Waals surface area contributed by atoms with E-state index in [0.717, 1.165) is 0 Å². The molecule has 3 nitrogen and oxygen atoms in total. The van der Waals surface area contributed by atoms with Gasteiger partial charge >= 0.3 is 0 Å². The van der Waals surface area contributed by atoms with Gasteiger partial charge in [0.25, 0.3) is 5.91 Å². The molecule has 0 N–H and O–H groups in total. The number of nitrogens with zero attached hydrogens (tertiary/aromatic N) is 1. The molecule has 0 spiro atoms. The second kappa shape index (κ2) is 4.05. The molecule has 0 aliphatic rings. The zero-order valence-electron chi connectivity index (χ0n) is 8.15. The van der Waals surface area contributed by atoms with Crippen LogP contribution in [-0.4, -0.2) is 30.7 Å².